The van der Waals surface area contributed by atoms with Gasteiger partial charge in [0, 0.05) is 31.4 Å². The minimum absolute atomic E-state index is 0.0369. The summed E-state index contributed by atoms with van der Waals surface area (Å²) in [7, 11) is 0. The zero-order valence-corrected chi connectivity index (χ0v) is 14.3. The van der Waals surface area contributed by atoms with Gasteiger partial charge in [0.2, 0.25) is 0 Å². The lowest BCUT2D eigenvalue weighted by Crippen LogP contribution is -2.57. The normalized spacial score (nSPS) is 21.4. The molecular weight excluding hydrogens is 308 g/mol. The second kappa shape index (κ2) is 7.44. The van der Waals surface area contributed by atoms with Crippen LogP contribution in [0.4, 0.5) is 11.5 Å². The molecule has 3 rings (SSSR count). The summed E-state index contributed by atoms with van der Waals surface area (Å²) >= 11 is 0. The van der Waals surface area contributed by atoms with Crippen LogP contribution in [0.3, 0.4) is 0 Å². The monoisotopic (exact) mass is 334 g/mol. The molecule has 2 aliphatic heterocycles. The van der Waals surface area contributed by atoms with Gasteiger partial charge in [-0.1, -0.05) is 6.42 Å². The molecule has 2 saturated heterocycles. The van der Waals surface area contributed by atoms with Crippen molar-refractivity contribution in [1.29, 1.82) is 0 Å². The van der Waals surface area contributed by atoms with Crippen LogP contribution in [0.2, 0.25) is 0 Å². The molecule has 132 valence electrons. The summed E-state index contributed by atoms with van der Waals surface area (Å²) < 4.78 is 5.59. The molecule has 7 nitrogen and oxygen atoms in total. The van der Waals surface area contributed by atoms with Crippen LogP contribution in [-0.4, -0.2) is 53.2 Å². The summed E-state index contributed by atoms with van der Waals surface area (Å²) in [6, 6.07) is 1.58. The quantitative estimate of drug-likeness (QED) is 0.659. The number of piperidine rings is 1. The highest BCUT2D eigenvalue weighted by molar-refractivity contribution is 5.48. The molecule has 1 N–H and O–H groups in total. The van der Waals surface area contributed by atoms with Crippen molar-refractivity contribution in [1.82, 2.24) is 9.88 Å². The van der Waals surface area contributed by atoms with Crippen molar-refractivity contribution in [3.8, 4) is 0 Å². The largest absolute Gasteiger partial charge is 0.381 e. The van der Waals surface area contributed by atoms with Gasteiger partial charge >= 0.3 is 0 Å². The van der Waals surface area contributed by atoms with Crippen molar-refractivity contribution in [2.45, 2.75) is 44.6 Å². The number of ether oxygens (including phenoxy) is 1. The van der Waals surface area contributed by atoms with Gasteiger partial charge in [0.1, 0.15) is 12.0 Å². The van der Waals surface area contributed by atoms with Gasteiger partial charge in [0.25, 0.3) is 5.69 Å². The molecule has 0 spiro atoms. The summed E-state index contributed by atoms with van der Waals surface area (Å²) in [5.74, 6) is 0.739. The maximum atomic E-state index is 10.9. The molecule has 7 heteroatoms. The number of nitrogens with zero attached hydrogens (tertiary/aromatic N) is 3. The lowest BCUT2D eigenvalue weighted by atomic mass is 9.86. The molecule has 0 aliphatic carbocycles. The smallest absolute Gasteiger partial charge is 0.287 e. The number of rotatable bonds is 5. The van der Waals surface area contributed by atoms with E-state index in [1.807, 2.05) is 6.92 Å². The maximum absolute atomic E-state index is 10.9. The fourth-order valence-corrected chi connectivity index (χ4v) is 3.82. The van der Waals surface area contributed by atoms with E-state index in [-0.39, 0.29) is 11.2 Å². The van der Waals surface area contributed by atoms with Crippen molar-refractivity contribution >= 4 is 11.5 Å². The summed E-state index contributed by atoms with van der Waals surface area (Å²) in [5.41, 5.74) is 0.953. The minimum atomic E-state index is -0.405. The molecule has 2 fully saturated rings. The van der Waals surface area contributed by atoms with Crippen LogP contribution in [0.1, 0.15) is 37.7 Å². The molecular formula is C17H26N4O3. The van der Waals surface area contributed by atoms with Gasteiger partial charge in [-0.05, 0) is 51.3 Å². The molecule has 1 aromatic heterocycles. The van der Waals surface area contributed by atoms with E-state index >= 15 is 0 Å². The Hall–Kier alpha value is -1.73. The van der Waals surface area contributed by atoms with Crippen molar-refractivity contribution in [3.05, 3.63) is 27.9 Å². The first-order chi connectivity index (χ1) is 11.6. The van der Waals surface area contributed by atoms with E-state index < -0.39 is 4.92 Å². The molecule has 0 aromatic carbocycles. The highest BCUT2D eigenvalue weighted by Gasteiger charge is 2.38. The molecule has 0 saturated carbocycles. The molecule has 0 bridgehead atoms. The van der Waals surface area contributed by atoms with Gasteiger partial charge in [0.15, 0.2) is 0 Å². The Morgan fingerprint density at radius 1 is 1.33 bits per heavy atom. The van der Waals surface area contributed by atoms with E-state index in [1.165, 1.54) is 25.5 Å². The van der Waals surface area contributed by atoms with Crippen LogP contribution in [-0.2, 0) is 4.74 Å². The van der Waals surface area contributed by atoms with Crippen molar-refractivity contribution < 1.29 is 9.66 Å². The highest BCUT2D eigenvalue weighted by atomic mass is 16.6. The van der Waals surface area contributed by atoms with Gasteiger partial charge in [-0.3, -0.25) is 15.0 Å². The molecule has 24 heavy (non-hydrogen) atoms. The zero-order valence-electron chi connectivity index (χ0n) is 14.3. The van der Waals surface area contributed by atoms with Crippen molar-refractivity contribution in [2.24, 2.45) is 0 Å². The third-order valence-corrected chi connectivity index (χ3v) is 5.31. The van der Waals surface area contributed by atoms with Gasteiger partial charge in [-0.2, -0.15) is 0 Å². The predicted molar refractivity (Wildman–Crippen MR) is 92.3 cm³/mol. The second-order valence-electron chi connectivity index (χ2n) is 6.85. The first-order valence-corrected chi connectivity index (χ1v) is 8.78. The fourth-order valence-electron chi connectivity index (χ4n) is 3.82. The van der Waals surface area contributed by atoms with Crippen LogP contribution < -0.4 is 5.32 Å². The summed E-state index contributed by atoms with van der Waals surface area (Å²) in [6.45, 7) is 6.56. The van der Waals surface area contributed by atoms with Crippen LogP contribution in [0.25, 0.3) is 0 Å². The average molecular weight is 334 g/mol. The molecule has 0 atom stereocenters. The average Bonchev–Trinajstić information content (AvgIpc) is 2.62. The summed E-state index contributed by atoms with van der Waals surface area (Å²) in [6.07, 6.45) is 7.21. The van der Waals surface area contributed by atoms with Crippen LogP contribution in [0.15, 0.2) is 12.3 Å². The lowest BCUT2D eigenvalue weighted by molar-refractivity contribution is -0.385. The minimum Gasteiger partial charge on any atom is -0.381 e. The number of likely N-dealkylation sites (tertiary alicyclic amines) is 1. The number of hydrogen-bond acceptors (Lipinski definition) is 6. The van der Waals surface area contributed by atoms with E-state index in [0.717, 1.165) is 57.1 Å². The van der Waals surface area contributed by atoms with E-state index in [0.29, 0.717) is 0 Å². The number of hydrogen-bond donors (Lipinski definition) is 1. The Balaban J connectivity index is 1.72. The van der Waals surface area contributed by atoms with Crippen molar-refractivity contribution in [2.75, 3.05) is 38.2 Å². The second-order valence-corrected chi connectivity index (χ2v) is 6.85. The van der Waals surface area contributed by atoms with Crippen molar-refractivity contribution in [3.63, 3.8) is 0 Å². The SMILES string of the molecule is Cc1cc([N+](=O)[O-])cnc1NCC1(N2CCCCC2)CCOCC1. The van der Waals surface area contributed by atoms with Gasteiger partial charge < -0.3 is 10.1 Å². The number of aryl methyl sites for hydroxylation is 1. The fraction of sp³-hybridized carbons (Fsp3) is 0.706. The summed E-state index contributed by atoms with van der Waals surface area (Å²) in [4.78, 5) is 17.3. The molecule has 2 aliphatic rings. The third kappa shape index (κ3) is 3.67. The van der Waals surface area contributed by atoms with Gasteiger partial charge in [0.05, 0.1) is 4.92 Å². The van der Waals surface area contributed by atoms with E-state index in [2.05, 4.69) is 15.2 Å². The lowest BCUT2D eigenvalue weighted by Gasteiger charge is -2.48. The zero-order chi connectivity index (χ0) is 17.0. The Morgan fingerprint density at radius 2 is 2.04 bits per heavy atom. The Bertz CT molecular complexity index is 581. The van der Waals surface area contributed by atoms with Gasteiger partial charge in [-0.15, -0.1) is 0 Å². The molecule has 1 aromatic rings. The first kappa shape index (κ1) is 17.1. The summed E-state index contributed by atoms with van der Waals surface area (Å²) in [5, 5.41) is 14.3. The topological polar surface area (TPSA) is 80.5 Å². The van der Waals surface area contributed by atoms with E-state index in [9.17, 15) is 10.1 Å². The van der Waals surface area contributed by atoms with E-state index in [4.69, 9.17) is 4.74 Å². The molecule has 0 amide bonds. The Kier molecular flexibility index (Phi) is 5.30. The number of aromatic nitrogens is 1. The van der Waals surface area contributed by atoms with E-state index in [1.54, 1.807) is 6.07 Å². The van der Waals surface area contributed by atoms with Crippen LogP contribution in [0, 0.1) is 17.0 Å². The number of nitrogens with one attached hydrogen (secondary N) is 1. The van der Waals surface area contributed by atoms with Gasteiger partial charge in [-0.25, -0.2) is 4.98 Å². The molecule has 0 radical (unpaired) electrons. The Labute approximate surface area is 142 Å². The maximum Gasteiger partial charge on any atom is 0.287 e. The predicted octanol–water partition coefficient (Wildman–Crippen LogP) is 2.75. The number of anilines is 1. The third-order valence-electron chi connectivity index (χ3n) is 5.31. The first-order valence-electron chi connectivity index (χ1n) is 8.78. The molecule has 3 heterocycles. The molecule has 0 unspecified atom stereocenters. The number of nitro groups is 1. The van der Waals surface area contributed by atoms with Crippen LogP contribution in [0.5, 0.6) is 0 Å². The standard InChI is InChI=1S/C17H26N4O3/c1-14-11-15(21(22)23)12-18-16(14)19-13-17(5-9-24-10-6-17)20-7-3-2-4-8-20/h11-12H,2-10,13H2,1H3,(H,18,19). The van der Waals surface area contributed by atoms with Crippen LogP contribution >= 0.6 is 0 Å². The Morgan fingerprint density at radius 3 is 2.67 bits per heavy atom. The number of pyridine rings is 1. The highest BCUT2D eigenvalue weighted by Crippen LogP contribution is 2.31.